The lowest BCUT2D eigenvalue weighted by molar-refractivity contribution is 0.0456. The van der Waals surface area contributed by atoms with E-state index in [1.54, 1.807) is 10.7 Å². The molecule has 1 unspecified atom stereocenters. The molecule has 23 heavy (non-hydrogen) atoms. The van der Waals surface area contributed by atoms with Gasteiger partial charge in [0.25, 0.3) is 0 Å². The molecular weight excluding hydrogens is 290 g/mol. The maximum Gasteiger partial charge on any atom is 0.339 e. The highest BCUT2D eigenvalue weighted by molar-refractivity contribution is 5.94. The van der Waals surface area contributed by atoms with E-state index in [4.69, 9.17) is 10.5 Å². The van der Waals surface area contributed by atoms with Crippen LogP contribution in [0.1, 0.15) is 33.3 Å². The van der Waals surface area contributed by atoms with E-state index in [9.17, 15) is 4.79 Å². The van der Waals surface area contributed by atoms with Gasteiger partial charge in [-0.25, -0.2) is 9.48 Å². The Kier molecular flexibility index (Phi) is 2.94. The number of para-hydroxylation sites is 1. The molecule has 0 spiro atoms. The van der Waals surface area contributed by atoms with Crippen LogP contribution >= 0.6 is 0 Å². The minimum absolute atomic E-state index is 0.322. The van der Waals surface area contributed by atoms with E-state index in [2.05, 4.69) is 5.10 Å². The van der Waals surface area contributed by atoms with E-state index < -0.39 is 6.10 Å². The predicted octanol–water partition coefficient (Wildman–Crippen LogP) is 3.02. The number of benzene rings is 2. The number of aryl methyl sites for hydroxylation is 1. The second-order valence-corrected chi connectivity index (χ2v) is 5.50. The van der Waals surface area contributed by atoms with Gasteiger partial charge >= 0.3 is 5.97 Å². The fraction of sp³-hybridized carbons (Fsp3) is 0.111. The average Bonchev–Trinajstić information content (AvgIpc) is 3.06. The lowest BCUT2D eigenvalue weighted by atomic mass is 9.99. The van der Waals surface area contributed by atoms with Crippen LogP contribution in [0.3, 0.4) is 0 Å². The number of esters is 1. The number of hydrogen-bond acceptors (Lipinski definition) is 4. The number of nitrogens with zero attached hydrogens (tertiary/aromatic N) is 2. The molecule has 0 aliphatic carbocycles. The highest BCUT2D eigenvalue weighted by Gasteiger charge is 2.35. The van der Waals surface area contributed by atoms with Crippen molar-refractivity contribution < 1.29 is 9.53 Å². The Bertz CT molecular complexity index is 900. The highest BCUT2D eigenvalue weighted by atomic mass is 16.5. The van der Waals surface area contributed by atoms with Crippen molar-refractivity contribution in [1.29, 1.82) is 0 Å². The van der Waals surface area contributed by atoms with Crippen LogP contribution < -0.4 is 5.73 Å². The number of fused-ring (bicyclic) bond motifs is 1. The van der Waals surface area contributed by atoms with Gasteiger partial charge in [0.05, 0.1) is 22.5 Å². The molecule has 5 nitrogen and oxygen atoms in total. The number of cyclic esters (lactones) is 1. The van der Waals surface area contributed by atoms with Gasteiger partial charge in [0.2, 0.25) is 0 Å². The molecule has 0 saturated heterocycles. The quantitative estimate of drug-likeness (QED) is 0.739. The molecule has 1 atom stereocenters. The normalized spacial score (nSPS) is 16.2. The van der Waals surface area contributed by atoms with Crippen LogP contribution in [0.4, 0.5) is 5.82 Å². The fourth-order valence-corrected chi connectivity index (χ4v) is 3.01. The number of aromatic nitrogens is 2. The molecule has 0 bridgehead atoms. The number of nitrogen functional groups attached to an aromatic ring is 1. The Hall–Kier alpha value is -3.08. The molecule has 1 aromatic heterocycles. The molecule has 2 N–H and O–H groups in total. The van der Waals surface area contributed by atoms with Crippen LogP contribution in [0.25, 0.3) is 5.69 Å². The van der Waals surface area contributed by atoms with Gasteiger partial charge in [0.15, 0.2) is 6.10 Å². The minimum atomic E-state index is -0.504. The number of anilines is 1. The van der Waals surface area contributed by atoms with Crippen LogP contribution in [0, 0.1) is 6.92 Å². The molecular formula is C18H15N3O2. The Balaban J connectivity index is 1.86. The van der Waals surface area contributed by atoms with E-state index in [0.29, 0.717) is 11.4 Å². The molecule has 0 radical (unpaired) electrons. The summed E-state index contributed by atoms with van der Waals surface area (Å²) >= 11 is 0. The molecule has 1 aliphatic rings. The third-order valence-corrected chi connectivity index (χ3v) is 4.09. The zero-order valence-electron chi connectivity index (χ0n) is 12.6. The molecule has 114 valence electrons. The molecule has 2 aromatic carbocycles. The number of ether oxygens (including phenoxy) is 1. The molecule has 4 rings (SSSR count). The van der Waals surface area contributed by atoms with E-state index in [1.165, 1.54) is 0 Å². The van der Waals surface area contributed by atoms with Gasteiger partial charge in [-0.3, -0.25) is 0 Å². The van der Waals surface area contributed by atoms with Gasteiger partial charge in [-0.05, 0) is 25.1 Å². The van der Waals surface area contributed by atoms with Gasteiger partial charge in [-0.2, -0.15) is 5.10 Å². The Morgan fingerprint density at radius 2 is 1.78 bits per heavy atom. The topological polar surface area (TPSA) is 70.1 Å². The number of hydrogen-bond donors (Lipinski definition) is 1. The smallest absolute Gasteiger partial charge is 0.339 e. The Labute approximate surface area is 133 Å². The Morgan fingerprint density at radius 3 is 2.57 bits per heavy atom. The Morgan fingerprint density at radius 1 is 1.09 bits per heavy atom. The van der Waals surface area contributed by atoms with E-state index in [1.807, 2.05) is 55.5 Å². The summed E-state index contributed by atoms with van der Waals surface area (Å²) in [7, 11) is 0. The third-order valence-electron chi connectivity index (χ3n) is 4.09. The van der Waals surface area contributed by atoms with Gasteiger partial charge in [0.1, 0.15) is 5.82 Å². The molecule has 1 aliphatic heterocycles. The maximum absolute atomic E-state index is 12.1. The van der Waals surface area contributed by atoms with E-state index >= 15 is 0 Å². The predicted molar refractivity (Wildman–Crippen MR) is 86.4 cm³/mol. The van der Waals surface area contributed by atoms with Crippen molar-refractivity contribution >= 4 is 11.8 Å². The van der Waals surface area contributed by atoms with Crippen molar-refractivity contribution in [3.8, 4) is 5.69 Å². The zero-order valence-corrected chi connectivity index (χ0v) is 12.6. The van der Waals surface area contributed by atoms with Crippen molar-refractivity contribution in [3.05, 3.63) is 77.0 Å². The average molecular weight is 305 g/mol. The summed E-state index contributed by atoms with van der Waals surface area (Å²) in [4.78, 5) is 12.1. The maximum atomic E-state index is 12.1. The number of rotatable bonds is 2. The van der Waals surface area contributed by atoms with Crippen LogP contribution in [0.15, 0.2) is 54.6 Å². The third kappa shape index (κ3) is 2.01. The van der Waals surface area contributed by atoms with Crippen LogP contribution in [-0.4, -0.2) is 15.7 Å². The summed E-state index contributed by atoms with van der Waals surface area (Å²) in [5, 5.41) is 4.52. The standard InChI is InChI=1S/C18H15N3O2/c1-11-15(16-13-9-5-6-10-14(13)18(22)23-16)17(19)21(20-11)12-7-3-2-4-8-12/h2-10,16H,19H2,1H3. The first kappa shape index (κ1) is 13.6. The van der Waals surface area contributed by atoms with Gasteiger partial charge < -0.3 is 10.5 Å². The number of carbonyl (C=O) groups excluding carboxylic acids is 1. The minimum Gasteiger partial charge on any atom is -0.449 e. The van der Waals surface area contributed by atoms with Crippen LogP contribution in [-0.2, 0) is 4.74 Å². The second-order valence-electron chi connectivity index (χ2n) is 5.50. The number of carbonyl (C=O) groups is 1. The largest absolute Gasteiger partial charge is 0.449 e. The van der Waals surface area contributed by atoms with Crippen molar-refractivity contribution in [3.63, 3.8) is 0 Å². The molecule has 5 heteroatoms. The molecule has 0 saturated carbocycles. The molecule has 2 heterocycles. The van der Waals surface area contributed by atoms with Crippen molar-refractivity contribution in [2.75, 3.05) is 5.73 Å². The summed E-state index contributed by atoms with van der Waals surface area (Å²) in [6.45, 7) is 1.87. The lowest BCUT2D eigenvalue weighted by Crippen LogP contribution is -2.07. The monoisotopic (exact) mass is 305 g/mol. The van der Waals surface area contributed by atoms with Crippen molar-refractivity contribution in [2.24, 2.45) is 0 Å². The summed E-state index contributed by atoms with van der Waals surface area (Å²) in [5.41, 5.74) is 10.1. The van der Waals surface area contributed by atoms with Gasteiger partial charge in [-0.15, -0.1) is 0 Å². The second kappa shape index (κ2) is 4.98. The lowest BCUT2D eigenvalue weighted by Gasteiger charge is -2.11. The summed E-state index contributed by atoms with van der Waals surface area (Å²) in [6.07, 6.45) is -0.504. The van der Waals surface area contributed by atoms with Crippen LogP contribution in [0.5, 0.6) is 0 Å². The first-order chi connectivity index (χ1) is 11.2. The molecule has 0 amide bonds. The SMILES string of the molecule is Cc1nn(-c2ccccc2)c(N)c1C1OC(=O)c2ccccc21. The van der Waals surface area contributed by atoms with Gasteiger partial charge in [-0.1, -0.05) is 36.4 Å². The fourth-order valence-electron chi connectivity index (χ4n) is 3.01. The van der Waals surface area contributed by atoms with E-state index in [0.717, 1.165) is 22.5 Å². The zero-order chi connectivity index (χ0) is 16.0. The first-order valence-corrected chi connectivity index (χ1v) is 7.37. The van der Waals surface area contributed by atoms with Gasteiger partial charge in [0, 0.05) is 5.56 Å². The van der Waals surface area contributed by atoms with E-state index in [-0.39, 0.29) is 5.97 Å². The van der Waals surface area contributed by atoms with Crippen molar-refractivity contribution in [2.45, 2.75) is 13.0 Å². The molecule has 3 aromatic rings. The summed E-state index contributed by atoms with van der Waals surface area (Å²) in [6, 6.07) is 17.0. The van der Waals surface area contributed by atoms with Crippen molar-refractivity contribution in [1.82, 2.24) is 9.78 Å². The summed E-state index contributed by atoms with van der Waals surface area (Å²) in [5.74, 6) is 0.167. The molecule has 0 fully saturated rings. The number of nitrogens with two attached hydrogens (primary N) is 1. The summed E-state index contributed by atoms with van der Waals surface area (Å²) < 4.78 is 7.24. The first-order valence-electron chi connectivity index (χ1n) is 7.37. The highest BCUT2D eigenvalue weighted by Crippen LogP contribution is 2.40. The van der Waals surface area contributed by atoms with Crippen LogP contribution in [0.2, 0.25) is 0 Å².